The van der Waals surface area contributed by atoms with Gasteiger partial charge in [0, 0.05) is 18.7 Å². The minimum Gasteiger partial charge on any atom is -0.355 e. The van der Waals surface area contributed by atoms with E-state index < -0.39 is 10.8 Å². The number of amides is 1. The number of non-ortho nitro benzene ring substituents is 1. The molecule has 0 bridgehead atoms. The summed E-state index contributed by atoms with van der Waals surface area (Å²) in [5.74, 6) is -1.02. The summed E-state index contributed by atoms with van der Waals surface area (Å²) in [6.45, 7) is 2.07. The van der Waals surface area contributed by atoms with Crippen LogP contribution in [0.25, 0.3) is 0 Å². The van der Waals surface area contributed by atoms with E-state index in [0.29, 0.717) is 18.5 Å². The molecule has 2 aromatic rings. The van der Waals surface area contributed by atoms with Crippen molar-refractivity contribution in [1.29, 1.82) is 0 Å². The topological polar surface area (TPSA) is 72.2 Å². The molecule has 0 radical (unpaired) electrons. The molecule has 0 heterocycles. The summed E-state index contributed by atoms with van der Waals surface area (Å²) in [5.41, 5.74) is 1.35. The number of nitrogens with zero attached hydrogens (tertiary/aromatic N) is 1. The molecule has 0 aliphatic carbocycles. The molecule has 0 aliphatic heterocycles. The van der Waals surface area contributed by atoms with Crippen LogP contribution in [-0.4, -0.2) is 17.4 Å². The van der Waals surface area contributed by atoms with Gasteiger partial charge in [0.15, 0.2) is 0 Å². The van der Waals surface area contributed by atoms with Crippen molar-refractivity contribution in [3.05, 3.63) is 75.6 Å². The van der Waals surface area contributed by atoms with Gasteiger partial charge in [-0.3, -0.25) is 14.9 Å². The first-order valence-corrected chi connectivity index (χ1v) is 7.24. The van der Waals surface area contributed by atoms with Gasteiger partial charge in [0.2, 0.25) is 5.91 Å². The number of rotatable bonds is 6. The zero-order chi connectivity index (χ0) is 16.8. The molecule has 0 spiro atoms. The van der Waals surface area contributed by atoms with Crippen LogP contribution in [0.3, 0.4) is 0 Å². The van der Waals surface area contributed by atoms with Gasteiger partial charge in [-0.25, -0.2) is 4.39 Å². The van der Waals surface area contributed by atoms with Crippen molar-refractivity contribution in [1.82, 2.24) is 5.32 Å². The molecule has 23 heavy (non-hydrogen) atoms. The van der Waals surface area contributed by atoms with Crippen molar-refractivity contribution in [3.63, 3.8) is 0 Å². The summed E-state index contributed by atoms with van der Waals surface area (Å²) >= 11 is 0. The normalized spacial score (nSPS) is 11.7. The molecule has 2 rings (SSSR count). The Kier molecular flexibility index (Phi) is 5.41. The molecule has 2 aromatic carbocycles. The second-order valence-corrected chi connectivity index (χ2v) is 5.24. The number of nitro groups is 1. The molecular formula is C17H17FN2O3. The largest absolute Gasteiger partial charge is 0.355 e. The Bertz CT molecular complexity index is 718. The maximum atomic E-state index is 13.1. The van der Waals surface area contributed by atoms with Crippen molar-refractivity contribution >= 4 is 11.6 Å². The van der Waals surface area contributed by atoms with Crippen LogP contribution in [0.2, 0.25) is 0 Å². The van der Waals surface area contributed by atoms with Gasteiger partial charge in [-0.1, -0.05) is 24.3 Å². The van der Waals surface area contributed by atoms with Gasteiger partial charge in [0.25, 0.3) is 5.69 Å². The Hall–Kier alpha value is -2.76. The number of carbonyl (C=O) groups excluding carboxylic acids is 1. The minimum absolute atomic E-state index is 0.0399. The quantitative estimate of drug-likeness (QED) is 0.657. The molecule has 0 fully saturated rings. The Labute approximate surface area is 133 Å². The van der Waals surface area contributed by atoms with E-state index in [1.807, 2.05) is 0 Å². The van der Waals surface area contributed by atoms with Crippen LogP contribution in [0.1, 0.15) is 24.0 Å². The summed E-state index contributed by atoms with van der Waals surface area (Å²) < 4.78 is 13.1. The first kappa shape index (κ1) is 16.6. The van der Waals surface area contributed by atoms with Crippen LogP contribution in [0, 0.1) is 15.9 Å². The lowest BCUT2D eigenvalue weighted by atomic mass is 10.00. The fourth-order valence-electron chi connectivity index (χ4n) is 2.23. The number of halogens is 1. The van der Waals surface area contributed by atoms with Gasteiger partial charge >= 0.3 is 0 Å². The standard InChI is InChI=1S/C17H17FN2O3/c1-12(14-5-3-7-16(11-14)20(22)23)17(21)19-9-8-13-4-2-6-15(18)10-13/h2-7,10-12H,8-9H2,1H3,(H,19,21)/t12-/m0/s1. The Morgan fingerprint density at radius 2 is 2.00 bits per heavy atom. The lowest BCUT2D eigenvalue weighted by Gasteiger charge is -2.12. The Balaban J connectivity index is 1.92. The lowest BCUT2D eigenvalue weighted by molar-refractivity contribution is -0.384. The van der Waals surface area contributed by atoms with E-state index >= 15 is 0 Å². The fourth-order valence-corrected chi connectivity index (χ4v) is 2.23. The maximum Gasteiger partial charge on any atom is 0.269 e. The molecule has 0 aliphatic rings. The lowest BCUT2D eigenvalue weighted by Crippen LogP contribution is -2.29. The van der Waals surface area contributed by atoms with E-state index in [1.54, 1.807) is 31.2 Å². The van der Waals surface area contributed by atoms with Crippen LogP contribution in [0.15, 0.2) is 48.5 Å². The third kappa shape index (κ3) is 4.60. The third-order valence-corrected chi connectivity index (χ3v) is 3.58. The number of carbonyl (C=O) groups is 1. The molecule has 0 unspecified atom stereocenters. The Morgan fingerprint density at radius 1 is 1.26 bits per heavy atom. The molecule has 6 heteroatoms. The van der Waals surface area contributed by atoms with Crippen LogP contribution < -0.4 is 5.32 Å². The average molecular weight is 316 g/mol. The molecule has 120 valence electrons. The molecule has 0 saturated heterocycles. The van der Waals surface area contributed by atoms with E-state index in [-0.39, 0.29) is 17.4 Å². The van der Waals surface area contributed by atoms with Crippen molar-refractivity contribution in [2.24, 2.45) is 0 Å². The van der Waals surface area contributed by atoms with Gasteiger partial charge in [0.1, 0.15) is 5.82 Å². The van der Waals surface area contributed by atoms with Crippen LogP contribution in [-0.2, 0) is 11.2 Å². The highest BCUT2D eigenvalue weighted by atomic mass is 19.1. The SMILES string of the molecule is C[C@H](C(=O)NCCc1cccc(F)c1)c1cccc([N+](=O)[O-])c1. The second-order valence-electron chi connectivity index (χ2n) is 5.24. The van der Waals surface area contributed by atoms with Crippen LogP contribution in [0.4, 0.5) is 10.1 Å². The summed E-state index contributed by atoms with van der Waals surface area (Å²) in [6, 6.07) is 12.2. The van der Waals surface area contributed by atoms with E-state index in [1.165, 1.54) is 24.3 Å². The number of hydrogen-bond acceptors (Lipinski definition) is 3. The molecule has 5 nitrogen and oxygen atoms in total. The molecular weight excluding hydrogens is 299 g/mol. The van der Waals surface area contributed by atoms with Gasteiger partial charge in [-0.15, -0.1) is 0 Å². The zero-order valence-corrected chi connectivity index (χ0v) is 12.7. The zero-order valence-electron chi connectivity index (χ0n) is 12.7. The maximum absolute atomic E-state index is 13.1. The molecule has 0 aromatic heterocycles. The summed E-state index contributed by atoms with van der Waals surface area (Å²) in [4.78, 5) is 22.4. The Morgan fingerprint density at radius 3 is 2.70 bits per heavy atom. The monoisotopic (exact) mass is 316 g/mol. The van der Waals surface area contributed by atoms with Crippen molar-refractivity contribution in [3.8, 4) is 0 Å². The van der Waals surface area contributed by atoms with Gasteiger partial charge in [-0.2, -0.15) is 0 Å². The molecule has 1 atom stereocenters. The third-order valence-electron chi connectivity index (χ3n) is 3.58. The van der Waals surface area contributed by atoms with Crippen molar-refractivity contribution < 1.29 is 14.1 Å². The summed E-state index contributed by atoms with van der Waals surface area (Å²) in [5, 5.41) is 13.5. The molecule has 1 N–H and O–H groups in total. The fraction of sp³-hybridized carbons (Fsp3) is 0.235. The van der Waals surface area contributed by atoms with E-state index in [4.69, 9.17) is 0 Å². The smallest absolute Gasteiger partial charge is 0.269 e. The first-order valence-electron chi connectivity index (χ1n) is 7.24. The van der Waals surface area contributed by atoms with Crippen LogP contribution in [0.5, 0.6) is 0 Å². The second kappa shape index (κ2) is 7.49. The average Bonchev–Trinajstić information content (AvgIpc) is 2.54. The van der Waals surface area contributed by atoms with Crippen LogP contribution >= 0.6 is 0 Å². The van der Waals surface area contributed by atoms with E-state index in [2.05, 4.69) is 5.32 Å². The minimum atomic E-state index is -0.498. The highest BCUT2D eigenvalue weighted by Gasteiger charge is 2.17. The number of benzene rings is 2. The van der Waals surface area contributed by atoms with Gasteiger partial charge < -0.3 is 5.32 Å². The predicted octanol–water partition coefficient (Wildman–Crippen LogP) is 3.20. The highest BCUT2D eigenvalue weighted by Crippen LogP contribution is 2.20. The predicted molar refractivity (Wildman–Crippen MR) is 84.6 cm³/mol. The number of hydrogen-bond donors (Lipinski definition) is 1. The molecule has 1 amide bonds. The van der Waals surface area contributed by atoms with Crippen molar-refractivity contribution in [2.75, 3.05) is 6.54 Å². The highest BCUT2D eigenvalue weighted by molar-refractivity contribution is 5.83. The van der Waals surface area contributed by atoms with Crippen molar-refractivity contribution in [2.45, 2.75) is 19.3 Å². The summed E-state index contributed by atoms with van der Waals surface area (Å²) in [6.07, 6.45) is 0.519. The summed E-state index contributed by atoms with van der Waals surface area (Å²) in [7, 11) is 0. The number of nitro benzene ring substituents is 1. The van der Waals surface area contributed by atoms with Gasteiger partial charge in [0.05, 0.1) is 10.8 Å². The number of nitrogens with one attached hydrogen (secondary N) is 1. The molecule has 0 saturated carbocycles. The van der Waals surface area contributed by atoms with E-state index in [0.717, 1.165) is 5.56 Å². The first-order chi connectivity index (χ1) is 11.0. The van der Waals surface area contributed by atoms with Gasteiger partial charge in [-0.05, 0) is 36.6 Å². The van der Waals surface area contributed by atoms with E-state index in [9.17, 15) is 19.3 Å².